The summed E-state index contributed by atoms with van der Waals surface area (Å²) in [6, 6.07) is 0. The molecule has 1 aromatic rings. The van der Waals surface area contributed by atoms with Gasteiger partial charge in [-0.15, -0.1) is 0 Å². The second kappa shape index (κ2) is 6.46. The van der Waals surface area contributed by atoms with Crippen molar-refractivity contribution in [1.29, 1.82) is 0 Å². The summed E-state index contributed by atoms with van der Waals surface area (Å²) >= 11 is 0. The van der Waals surface area contributed by atoms with E-state index in [1.807, 2.05) is 11.7 Å². The number of ether oxygens (including phenoxy) is 1. The molecule has 0 bridgehead atoms. The summed E-state index contributed by atoms with van der Waals surface area (Å²) in [6.45, 7) is 8.32. The fourth-order valence-corrected chi connectivity index (χ4v) is 3.18. The average molecular weight is 292 g/mol. The van der Waals surface area contributed by atoms with Crippen LogP contribution in [0.5, 0.6) is 0 Å². The molecule has 3 rings (SSSR count). The zero-order valence-electron chi connectivity index (χ0n) is 13.6. The number of nitrogens with zero attached hydrogens (tertiary/aromatic N) is 4. The molecule has 1 saturated carbocycles. The third-order valence-corrected chi connectivity index (χ3v) is 4.53. The van der Waals surface area contributed by atoms with Gasteiger partial charge in [-0.2, -0.15) is 5.10 Å². The lowest BCUT2D eigenvalue weighted by Crippen LogP contribution is -2.46. The molecule has 21 heavy (non-hydrogen) atoms. The summed E-state index contributed by atoms with van der Waals surface area (Å²) in [5.74, 6) is 0.906. The molecule has 5 nitrogen and oxygen atoms in total. The van der Waals surface area contributed by atoms with E-state index in [1.165, 1.54) is 24.9 Å². The van der Waals surface area contributed by atoms with Gasteiger partial charge in [0, 0.05) is 51.5 Å². The smallest absolute Gasteiger partial charge is 0.0829 e. The van der Waals surface area contributed by atoms with E-state index in [9.17, 15) is 0 Å². The molecule has 0 N–H and O–H groups in total. The van der Waals surface area contributed by atoms with E-state index in [4.69, 9.17) is 4.74 Å². The SMILES string of the molecule is Cc1nn(C)cc1CN(CC1CC1)C[C@H]1CN(C)CCO1. The molecular formula is C16H28N4O. The summed E-state index contributed by atoms with van der Waals surface area (Å²) in [7, 11) is 4.19. The highest BCUT2D eigenvalue weighted by atomic mass is 16.5. The van der Waals surface area contributed by atoms with Gasteiger partial charge in [0.05, 0.1) is 18.4 Å². The predicted molar refractivity (Wildman–Crippen MR) is 83.2 cm³/mol. The van der Waals surface area contributed by atoms with Crippen LogP contribution >= 0.6 is 0 Å². The number of morpholine rings is 1. The van der Waals surface area contributed by atoms with Gasteiger partial charge in [0.15, 0.2) is 0 Å². The van der Waals surface area contributed by atoms with Crippen molar-refractivity contribution in [2.45, 2.75) is 32.4 Å². The first-order valence-corrected chi connectivity index (χ1v) is 8.12. The summed E-state index contributed by atoms with van der Waals surface area (Å²) in [4.78, 5) is 4.95. The Balaban J connectivity index is 1.61. The zero-order valence-corrected chi connectivity index (χ0v) is 13.6. The molecule has 0 radical (unpaired) electrons. The van der Waals surface area contributed by atoms with Crippen LogP contribution in [0.2, 0.25) is 0 Å². The van der Waals surface area contributed by atoms with Gasteiger partial charge >= 0.3 is 0 Å². The highest BCUT2D eigenvalue weighted by Crippen LogP contribution is 2.30. The van der Waals surface area contributed by atoms with Crippen LogP contribution in [-0.4, -0.2) is 65.5 Å². The first-order valence-electron chi connectivity index (χ1n) is 8.12. The van der Waals surface area contributed by atoms with E-state index in [1.54, 1.807) is 0 Å². The molecule has 1 saturated heterocycles. The molecule has 118 valence electrons. The third-order valence-electron chi connectivity index (χ3n) is 4.53. The summed E-state index contributed by atoms with van der Waals surface area (Å²) in [5.41, 5.74) is 2.50. The first kappa shape index (κ1) is 15.0. The minimum absolute atomic E-state index is 0.347. The molecule has 0 amide bonds. The fourth-order valence-electron chi connectivity index (χ4n) is 3.18. The van der Waals surface area contributed by atoms with Gasteiger partial charge in [-0.05, 0) is 32.7 Å². The molecule has 2 fully saturated rings. The van der Waals surface area contributed by atoms with E-state index in [0.717, 1.165) is 44.4 Å². The monoisotopic (exact) mass is 292 g/mol. The molecule has 1 atom stereocenters. The number of hydrogen-bond acceptors (Lipinski definition) is 4. The maximum Gasteiger partial charge on any atom is 0.0829 e. The van der Waals surface area contributed by atoms with Gasteiger partial charge in [0.1, 0.15) is 0 Å². The van der Waals surface area contributed by atoms with Crippen molar-refractivity contribution in [3.05, 3.63) is 17.5 Å². The van der Waals surface area contributed by atoms with Crippen LogP contribution in [-0.2, 0) is 18.3 Å². The summed E-state index contributed by atoms with van der Waals surface area (Å²) in [6.07, 6.45) is 5.30. The summed E-state index contributed by atoms with van der Waals surface area (Å²) in [5, 5.41) is 4.47. The van der Waals surface area contributed by atoms with Crippen LogP contribution in [0.25, 0.3) is 0 Å². The van der Waals surface area contributed by atoms with Crippen molar-refractivity contribution in [2.75, 3.05) is 39.8 Å². The Hall–Kier alpha value is -0.910. The molecule has 2 heterocycles. The minimum atomic E-state index is 0.347. The van der Waals surface area contributed by atoms with Crippen LogP contribution in [0.4, 0.5) is 0 Å². The summed E-state index contributed by atoms with van der Waals surface area (Å²) < 4.78 is 7.87. The predicted octanol–water partition coefficient (Wildman–Crippen LogP) is 1.27. The van der Waals surface area contributed by atoms with Crippen LogP contribution in [0, 0.1) is 12.8 Å². The average Bonchev–Trinajstić information content (AvgIpc) is 3.16. The van der Waals surface area contributed by atoms with Gasteiger partial charge in [-0.1, -0.05) is 0 Å². The van der Waals surface area contributed by atoms with Gasteiger partial charge in [0.2, 0.25) is 0 Å². The van der Waals surface area contributed by atoms with Crippen LogP contribution < -0.4 is 0 Å². The normalized spacial score (nSPS) is 23.9. The molecule has 1 aromatic heterocycles. The lowest BCUT2D eigenvalue weighted by atomic mass is 10.2. The fraction of sp³-hybridized carbons (Fsp3) is 0.812. The number of hydrogen-bond donors (Lipinski definition) is 0. The third kappa shape index (κ3) is 4.28. The molecule has 5 heteroatoms. The Morgan fingerprint density at radius 1 is 1.33 bits per heavy atom. The quantitative estimate of drug-likeness (QED) is 0.791. The van der Waals surface area contributed by atoms with Crippen LogP contribution in [0.15, 0.2) is 6.20 Å². The molecule has 0 unspecified atom stereocenters. The van der Waals surface area contributed by atoms with Crippen LogP contribution in [0.3, 0.4) is 0 Å². The maximum absolute atomic E-state index is 5.95. The topological polar surface area (TPSA) is 33.5 Å². The Kier molecular flexibility index (Phi) is 4.62. The Morgan fingerprint density at radius 2 is 2.14 bits per heavy atom. The molecule has 0 aromatic carbocycles. The zero-order chi connectivity index (χ0) is 14.8. The van der Waals surface area contributed by atoms with E-state index >= 15 is 0 Å². The number of aromatic nitrogens is 2. The van der Waals surface area contributed by atoms with Crippen molar-refractivity contribution in [3.8, 4) is 0 Å². The number of aryl methyl sites for hydroxylation is 2. The van der Waals surface area contributed by atoms with Gasteiger partial charge in [-0.3, -0.25) is 9.58 Å². The van der Waals surface area contributed by atoms with E-state index in [-0.39, 0.29) is 0 Å². The van der Waals surface area contributed by atoms with Crippen molar-refractivity contribution in [3.63, 3.8) is 0 Å². The van der Waals surface area contributed by atoms with Crippen molar-refractivity contribution < 1.29 is 4.74 Å². The van der Waals surface area contributed by atoms with Gasteiger partial charge < -0.3 is 9.64 Å². The molecule has 1 aliphatic carbocycles. The van der Waals surface area contributed by atoms with E-state index in [2.05, 4.69) is 35.1 Å². The van der Waals surface area contributed by atoms with Gasteiger partial charge in [0.25, 0.3) is 0 Å². The van der Waals surface area contributed by atoms with Crippen molar-refractivity contribution in [1.82, 2.24) is 19.6 Å². The van der Waals surface area contributed by atoms with Crippen LogP contribution in [0.1, 0.15) is 24.1 Å². The second-order valence-corrected chi connectivity index (χ2v) is 6.81. The van der Waals surface area contributed by atoms with E-state index in [0.29, 0.717) is 6.10 Å². The van der Waals surface area contributed by atoms with E-state index < -0.39 is 0 Å². The molecule has 0 spiro atoms. The Bertz CT molecular complexity index is 469. The van der Waals surface area contributed by atoms with Crippen molar-refractivity contribution >= 4 is 0 Å². The minimum Gasteiger partial charge on any atom is -0.374 e. The molecule has 1 aliphatic heterocycles. The lowest BCUT2D eigenvalue weighted by molar-refractivity contribution is -0.0373. The number of rotatable bonds is 6. The Morgan fingerprint density at radius 3 is 2.76 bits per heavy atom. The van der Waals surface area contributed by atoms with Crippen molar-refractivity contribution in [2.24, 2.45) is 13.0 Å². The second-order valence-electron chi connectivity index (χ2n) is 6.81. The molecular weight excluding hydrogens is 264 g/mol. The molecule has 2 aliphatic rings. The Labute approximate surface area is 127 Å². The highest BCUT2D eigenvalue weighted by Gasteiger charge is 2.27. The largest absolute Gasteiger partial charge is 0.374 e. The first-order chi connectivity index (χ1) is 10.1. The van der Waals surface area contributed by atoms with Gasteiger partial charge in [-0.25, -0.2) is 0 Å². The highest BCUT2D eigenvalue weighted by molar-refractivity contribution is 5.15. The number of likely N-dealkylation sites (N-methyl/N-ethyl adjacent to an activating group) is 1. The standard InChI is InChI=1S/C16H28N4O/c1-13-15(9-19(3)17-13)10-20(8-14-4-5-14)12-16-11-18(2)6-7-21-16/h9,14,16H,4-8,10-12H2,1-3H3/t16-/m1/s1. The maximum atomic E-state index is 5.95. The lowest BCUT2D eigenvalue weighted by Gasteiger charge is -2.34.